The molecule has 114 valence electrons. The quantitative estimate of drug-likeness (QED) is 0.681. The molecule has 0 radical (unpaired) electrons. The summed E-state index contributed by atoms with van der Waals surface area (Å²) in [5, 5.41) is 8.66. The largest absolute Gasteiger partial charge is 0.357 e. The average Bonchev–Trinajstić information content (AvgIpc) is 3.18. The van der Waals surface area contributed by atoms with E-state index in [-0.39, 0.29) is 0 Å². The van der Waals surface area contributed by atoms with E-state index >= 15 is 0 Å². The van der Waals surface area contributed by atoms with Gasteiger partial charge in [0.05, 0.1) is 11.6 Å². The second kappa shape index (κ2) is 5.80. The van der Waals surface area contributed by atoms with Crippen molar-refractivity contribution in [1.82, 2.24) is 14.5 Å². The number of amidine groups is 1. The van der Waals surface area contributed by atoms with Crippen molar-refractivity contribution in [3.05, 3.63) is 41.9 Å². The molecule has 4 nitrogen and oxygen atoms in total. The van der Waals surface area contributed by atoms with Gasteiger partial charge in [-0.3, -0.25) is 10.4 Å². The molecule has 0 bridgehead atoms. The molecule has 0 aliphatic carbocycles. The molecule has 4 rings (SSSR count). The first-order valence-electron chi connectivity index (χ1n) is 7.89. The Balaban J connectivity index is 1.73. The summed E-state index contributed by atoms with van der Waals surface area (Å²) in [7, 11) is 0. The van der Waals surface area contributed by atoms with Crippen LogP contribution in [0, 0.1) is 5.41 Å². The summed E-state index contributed by atoms with van der Waals surface area (Å²) in [5.41, 5.74) is 4.76. The standard InChI is InChI=1S/C17H20N4S/c18-17(20-7-2-1-3-8-20)14-9-15(13-5-4-6-19-10-13)21-12-22-11-16(14)21/h4-6,9-10,18H,1-3,7-8,11-12H2. The number of thioether (sulfide) groups is 1. The number of rotatable bonds is 2. The molecule has 0 atom stereocenters. The maximum atomic E-state index is 8.66. The molecule has 5 heteroatoms. The summed E-state index contributed by atoms with van der Waals surface area (Å²) in [4.78, 5) is 6.49. The highest BCUT2D eigenvalue weighted by Crippen LogP contribution is 2.35. The minimum atomic E-state index is 0.709. The van der Waals surface area contributed by atoms with Crippen molar-refractivity contribution in [2.75, 3.05) is 13.1 Å². The van der Waals surface area contributed by atoms with E-state index in [0.29, 0.717) is 5.84 Å². The molecule has 1 N–H and O–H groups in total. The molecule has 22 heavy (non-hydrogen) atoms. The highest BCUT2D eigenvalue weighted by molar-refractivity contribution is 7.97. The molecule has 0 amide bonds. The molecular formula is C17H20N4S. The van der Waals surface area contributed by atoms with Crippen LogP contribution < -0.4 is 0 Å². The lowest BCUT2D eigenvalue weighted by Gasteiger charge is -2.29. The Hall–Kier alpha value is -1.75. The van der Waals surface area contributed by atoms with Gasteiger partial charge < -0.3 is 9.47 Å². The SMILES string of the molecule is N=C(c1cc(-c2cccnc2)n2c1CSC2)N1CCCCC1. The third-order valence-electron chi connectivity index (χ3n) is 4.55. The van der Waals surface area contributed by atoms with Gasteiger partial charge in [0.25, 0.3) is 0 Å². The molecule has 4 heterocycles. The van der Waals surface area contributed by atoms with Crippen LogP contribution in [-0.4, -0.2) is 33.4 Å². The molecule has 0 aromatic carbocycles. The van der Waals surface area contributed by atoms with Crippen LogP contribution in [0.25, 0.3) is 11.3 Å². The molecule has 0 saturated carbocycles. The van der Waals surface area contributed by atoms with Gasteiger partial charge in [0.1, 0.15) is 5.84 Å². The average molecular weight is 312 g/mol. The number of piperidine rings is 1. The fourth-order valence-electron chi connectivity index (χ4n) is 3.37. The Kier molecular flexibility index (Phi) is 3.66. The lowest BCUT2D eigenvalue weighted by molar-refractivity contribution is 0.341. The summed E-state index contributed by atoms with van der Waals surface area (Å²) in [6.45, 7) is 2.05. The fourth-order valence-corrected chi connectivity index (χ4v) is 4.45. The Labute approximate surface area is 135 Å². The van der Waals surface area contributed by atoms with Gasteiger partial charge in [0.15, 0.2) is 0 Å². The van der Waals surface area contributed by atoms with E-state index in [0.717, 1.165) is 35.8 Å². The van der Waals surface area contributed by atoms with Gasteiger partial charge in [-0.1, -0.05) is 0 Å². The molecule has 2 aromatic rings. The fraction of sp³-hybridized carbons (Fsp3) is 0.412. The minimum absolute atomic E-state index is 0.709. The lowest BCUT2D eigenvalue weighted by Crippen LogP contribution is -2.35. The number of nitrogens with zero attached hydrogens (tertiary/aromatic N) is 3. The van der Waals surface area contributed by atoms with Crippen LogP contribution in [0.5, 0.6) is 0 Å². The van der Waals surface area contributed by atoms with Crippen molar-refractivity contribution >= 4 is 17.6 Å². The number of hydrogen-bond donors (Lipinski definition) is 1. The number of aromatic nitrogens is 2. The zero-order valence-electron chi connectivity index (χ0n) is 12.6. The van der Waals surface area contributed by atoms with Crippen LogP contribution in [0.2, 0.25) is 0 Å². The van der Waals surface area contributed by atoms with Crippen LogP contribution >= 0.6 is 11.8 Å². The van der Waals surface area contributed by atoms with E-state index in [9.17, 15) is 0 Å². The van der Waals surface area contributed by atoms with E-state index in [1.54, 1.807) is 0 Å². The second-order valence-corrected chi connectivity index (χ2v) is 6.89. The number of hydrogen-bond acceptors (Lipinski definition) is 3. The lowest BCUT2D eigenvalue weighted by atomic mass is 10.1. The molecule has 1 saturated heterocycles. The molecule has 2 aromatic heterocycles. The van der Waals surface area contributed by atoms with Crippen molar-refractivity contribution in [3.8, 4) is 11.3 Å². The first-order valence-corrected chi connectivity index (χ1v) is 9.04. The third kappa shape index (κ3) is 2.33. The van der Waals surface area contributed by atoms with Gasteiger partial charge in [-0.2, -0.15) is 0 Å². The van der Waals surface area contributed by atoms with Crippen LogP contribution in [-0.2, 0) is 11.6 Å². The van der Waals surface area contributed by atoms with Gasteiger partial charge in [-0.25, -0.2) is 0 Å². The van der Waals surface area contributed by atoms with E-state index in [2.05, 4.69) is 26.6 Å². The van der Waals surface area contributed by atoms with Crippen LogP contribution in [0.3, 0.4) is 0 Å². The first kappa shape index (κ1) is 13.9. The number of pyridine rings is 1. The third-order valence-corrected chi connectivity index (χ3v) is 5.47. The van der Waals surface area contributed by atoms with E-state index < -0.39 is 0 Å². The van der Waals surface area contributed by atoms with Crippen LogP contribution in [0.1, 0.15) is 30.5 Å². The number of fused-ring (bicyclic) bond motifs is 1. The maximum Gasteiger partial charge on any atom is 0.129 e. The predicted octanol–water partition coefficient (Wildman–Crippen LogP) is 3.57. The molecule has 1 fully saturated rings. The van der Waals surface area contributed by atoms with Crippen molar-refractivity contribution in [1.29, 1.82) is 5.41 Å². The van der Waals surface area contributed by atoms with E-state index in [4.69, 9.17) is 5.41 Å². The Bertz CT molecular complexity index is 686. The van der Waals surface area contributed by atoms with Gasteiger partial charge in [-0.15, -0.1) is 11.8 Å². The normalized spacial score (nSPS) is 17.5. The van der Waals surface area contributed by atoms with Gasteiger partial charge in [0.2, 0.25) is 0 Å². The van der Waals surface area contributed by atoms with Crippen LogP contribution in [0.4, 0.5) is 0 Å². The Morgan fingerprint density at radius 1 is 1.23 bits per heavy atom. The van der Waals surface area contributed by atoms with Crippen molar-refractivity contribution < 1.29 is 0 Å². The maximum absolute atomic E-state index is 8.66. The van der Waals surface area contributed by atoms with Crippen molar-refractivity contribution in [2.45, 2.75) is 30.9 Å². The zero-order valence-corrected chi connectivity index (χ0v) is 13.4. The van der Waals surface area contributed by atoms with Crippen molar-refractivity contribution in [3.63, 3.8) is 0 Å². The highest BCUT2D eigenvalue weighted by atomic mass is 32.2. The monoisotopic (exact) mass is 312 g/mol. The number of nitrogens with one attached hydrogen (secondary N) is 1. The molecular weight excluding hydrogens is 292 g/mol. The minimum Gasteiger partial charge on any atom is -0.357 e. The molecule has 0 unspecified atom stereocenters. The Morgan fingerprint density at radius 3 is 2.86 bits per heavy atom. The van der Waals surface area contributed by atoms with Crippen molar-refractivity contribution in [2.24, 2.45) is 0 Å². The van der Waals surface area contributed by atoms with E-state index in [1.165, 1.54) is 30.7 Å². The summed E-state index contributed by atoms with van der Waals surface area (Å²) < 4.78 is 2.36. The first-order chi connectivity index (χ1) is 10.8. The smallest absolute Gasteiger partial charge is 0.129 e. The van der Waals surface area contributed by atoms with Gasteiger partial charge in [0, 0.05) is 48.1 Å². The summed E-state index contributed by atoms with van der Waals surface area (Å²) in [6.07, 6.45) is 7.45. The molecule has 2 aliphatic heterocycles. The highest BCUT2D eigenvalue weighted by Gasteiger charge is 2.26. The predicted molar refractivity (Wildman–Crippen MR) is 91.2 cm³/mol. The topological polar surface area (TPSA) is 44.9 Å². The summed E-state index contributed by atoms with van der Waals surface area (Å²) in [6, 6.07) is 6.28. The molecule has 2 aliphatic rings. The summed E-state index contributed by atoms with van der Waals surface area (Å²) in [5.74, 6) is 2.69. The van der Waals surface area contributed by atoms with Gasteiger partial charge in [-0.05, 0) is 37.5 Å². The van der Waals surface area contributed by atoms with E-state index in [1.807, 2.05) is 30.2 Å². The second-order valence-electron chi connectivity index (χ2n) is 5.93. The Morgan fingerprint density at radius 2 is 2.09 bits per heavy atom. The number of likely N-dealkylation sites (tertiary alicyclic amines) is 1. The van der Waals surface area contributed by atoms with Gasteiger partial charge >= 0.3 is 0 Å². The summed E-state index contributed by atoms with van der Waals surface area (Å²) >= 11 is 1.92. The zero-order chi connectivity index (χ0) is 14.9. The van der Waals surface area contributed by atoms with Crippen LogP contribution in [0.15, 0.2) is 30.6 Å². The molecule has 0 spiro atoms.